The van der Waals surface area contributed by atoms with Gasteiger partial charge in [-0.15, -0.1) is 0 Å². The van der Waals surface area contributed by atoms with E-state index in [4.69, 9.17) is 5.73 Å². The van der Waals surface area contributed by atoms with Crippen LogP contribution in [0.2, 0.25) is 0 Å². The van der Waals surface area contributed by atoms with Crippen molar-refractivity contribution in [3.05, 3.63) is 35.4 Å². The van der Waals surface area contributed by atoms with Crippen LogP contribution in [0.15, 0.2) is 18.2 Å². The van der Waals surface area contributed by atoms with Crippen LogP contribution in [0.4, 0.5) is 8.78 Å². The molecule has 0 amide bonds. The monoisotopic (exact) mass is 282 g/mol. The first-order chi connectivity index (χ1) is 9.32. The first kappa shape index (κ1) is 15.4. The average Bonchev–Trinajstić information content (AvgIpc) is 2.54. The van der Waals surface area contributed by atoms with E-state index in [-0.39, 0.29) is 17.6 Å². The summed E-state index contributed by atoms with van der Waals surface area (Å²) in [6.07, 6.45) is 2.91. The number of halogens is 2. The third-order valence-electron chi connectivity index (χ3n) is 4.09. The molecule has 20 heavy (non-hydrogen) atoms. The maximum atomic E-state index is 14.2. The van der Waals surface area contributed by atoms with Gasteiger partial charge in [-0.1, -0.05) is 18.6 Å². The highest BCUT2D eigenvalue weighted by molar-refractivity contribution is 5.25. The van der Waals surface area contributed by atoms with Gasteiger partial charge in [0.05, 0.1) is 6.04 Å². The zero-order valence-corrected chi connectivity index (χ0v) is 12.5. The Morgan fingerprint density at radius 3 is 2.55 bits per heavy atom. The van der Waals surface area contributed by atoms with Crippen LogP contribution >= 0.6 is 0 Å². The quantitative estimate of drug-likeness (QED) is 0.852. The van der Waals surface area contributed by atoms with Gasteiger partial charge in [-0.05, 0) is 46.2 Å². The predicted molar refractivity (Wildman–Crippen MR) is 77.4 cm³/mol. The third kappa shape index (κ3) is 3.01. The molecular formula is C16H24F2N2. The van der Waals surface area contributed by atoms with E-state index >= 15 is 0 Å². The molecule has 2 nitrogen and oxygen atoms in total. The van der Waals surface area contributed by atoms with E-state index in [0.29, 0.717) is 5.56 Å². The van der Waals surface area contributed by atoms with Gasteiger partial charge in [-0.3, -0.25) is 4.90 Å². The second-order valence-corrected chi connectivity index (χ2v) is 6.61. The van der Waals surface area contributed by atoms with Gasteiger partial charge in [0, 0.05) is 17.1 Å². The fraction of sp³-hybridized carbons (Fsp3) is 0.625. The molecule has 2 rings (SSSR count). The molecule has 1 aromatic carbocycles. The Hall–Kier alpha value is -1.00. The Labute approximate surface area is 120 Å². The van der Waals surface area contributed by atoms with Crippen LogP contribution in [-0.2, 0) is 0 Å². The summed E-state index contributed by atoms with van der Waals surface area (Å²) < 4.78 is 27.7. The topological polar surface area (TPSA) is 29.3 Å². The molecule has 1 heterocycles. The van der Waals surface area contributed by atoms with E-state index in [9.17, 15) is 8.78 Å². The minimum absolute atomic E-state index is 0.134. The van der Waals surface area contributed by atoms with Gasteiger partial charge in [0.2, 0.25) is 0 Å². The number of hydrogen-bond acceptors (Lipinski definition) is 2. The van der Waals surface area contributed by atoms with Gasteiger partial charge >= 0.3 is 0 Å². The van der Waals surface area contributed by atoms with Crippen molar-refractivity contribution >= 4 is 0 Å². The van der Waals surface area contributed by atoms with Crippen molar-refractivity contribution in [2.45, 2.75) is 57.7 Å². The molecule has 112 valence electrons. The van der Waals surface area contributed by atoms with Gasteiger partial charge in [0.25, 0.3) is 0 Å². The molecule has 1 aliphatic rings. The summed E-state index contributed by atoms with van der Waals surface area (Å²) in [7, 11) is 0. The smallest absolute Gasteiger partial charge is 0.163 e. The fourth-order valence-corrected chi connectivity index (χ4v) is 3.09. The normalized spacial score (nSPS) is 25.5. The van der Waals surface area contributed by atoms with Gasteiger partial charge in [0.1, 0.15) is 0 Å². The summed E-state index contributed by atoms with van der Waals surface area (Å²) in [4.78, 5) is 2.21. The molecule has 2 N–H and O–H groups in total. The van der Waals surface area contributed by atoms with Crippen LogP contribution < -0.4 is 5.73 Å². The molecule has 0 aliphatic carbocycles. The van der Waals surface area contributed by atoms with Gasteiger partial charge in [0.15, 0.2) is 11.6 Å². The maximum absolute atomic E-state index is 14.2. The number of nitrogens with two attached hydrogens (primary N) is 1. The average molecular weight is 282 g/mol. The summed E-state index contributed by atoms with van der Waals surface area (Å²) >= 11 is 0. The number of rotatable bonds is 1. The largest absolute Gasteiger partial charge is 0.326 e. The fourth-order valence-electron chi connectivity index (χ4n) is 3.09. The van der Waals surface area contributed by atoms with Crippen LogP contribution in [0.1, 0.15) is 51.6 Å². The van der Waals surface area contributed by atoms with Crippen LogP contribution in [-0.4, -0.2) is 23.0 Å². The van der Waals surface area contributed by atoms with Gasteiger partial charge in [-0.2, -0.15) is 0 Å². The summed E-state index contributed by atoms with van der Waals surface area (Å²) in [6, 6.07) is 3.93. The van der Waals surface area contributed by atoms with Crippen LogP contribution in [0.3, 0.4) is 0 Å². The summed E-state index contributed by atoms with van der Waals surface area (Å²) in [5.41, 5.74) is 6.54. The Kier molecular flexibility index (Phi) is 4.45. The first-order valence-corrected chi connectivity index (χ1v) is 7.28. The molecule has 0 aromatic heterocycles. The van der Waals surface area contributed by atoms with E-state index < -0.39 is 11.6 Å². The second kappa shape index (κ2) is 5.78. The number of nitrogens with zero attached hydrogens (tertiary/aromatic N) is 1. The Morgan fingerprint density at radius 1 is 1.20 bits per heavy atom. The van der Waals surface area contributed by atoms with E-state index in [0.717, 1.165) is 31.9 Å². The molecule has 0 spiro atoms. The summed E-state index contributed by atoms with van der Waals surface area (Å²) in [5.74, 6) is -1.56. The Morgan fingerprint density at radius 2 is 1.90 bits per heavy atom. The molecule has 1 fully saturated rings. The lowest BCUT2D eigenvalue weighted by Gasteiger charge is -2.43. The van der Waals surface area contributed by atoms with Gasteiger partial charge < -0.3 is 5.73 Å². The lowest BCUT2D eigenvalue weighted by Crippen LogP contribution is -2.49. The van der Waals surface area contributed by atoms with E-state index in [1.807, 2.05) is 0 Å². The zero-order chi connectivity index (χ0) is 14.9. The molecule has 2 atom stereocenters. The van der Waals surface area contributed by atoms with E-state index in [1.165, 1.54) is 0 Å². The molecular weight excluding hydrogens is 258 g/mol. The summed E-state index contributed by atoms with van der Waals surface area (Å²) in [5, 5.41) is 0. The highest BCUT2D eigenvalue weighted by Crippen LogP contribution is 2.36. The van der Waals surface area contributed by atoms with Crippen molar-refractivity contribution in [2.24, 2.45) is 5.73 Å². The van der Waals surface area contributed by atoms with E-state index in [2.05, 4.69) is 25.7 Å². The molecule has 2 unspecified atom stereocenters. The van der Waals surface area contributed by atoms with Crippen LogP contribution in [0.25, 0.3) is 0 Å². The van der Waals surface area contributed by atoms with Crippen molar-refractivity contribution < 1.29 is 8.78 Å². The SMILES string of the molecule is CC(C)(C)N1CCCCC(N)C1c1cccc(F)c1F. The van der Waals surface area contributed by atoms with Crippen molar-refractivity contribution in [2.75, 3.05) is 6.54 Å². The molecule has 4 heteroatoms. The summed E-state index contributed by atoms with van der Waals surface area (Å²) in [6.45, 7) is 7.14. The highest BCUT2D eigenvalue weighted by atomic mass is 19.2. The second-order valence-electron chi connectivity index (χ2n) is 6.61. The standard InChI is InChI=1S/C16H24F2N2/c1-16(2,3)20-10-5-4-9-13(19)15(20)11-7-6-8-12(17)14(11)18/h6-8,13,15H,4-5,9-10,19H2,1-3H3. The number of benzene rings is 1. The minimum atomic E-state index is -0.798. The highest BCUT2D eigenvalue weighted by Gasteiger charge is 2.36. The first-order valence-electron chi connectivity index (χ1n) is 7.28. The lowest BCUT2D eigenvalue weighted by atomic mass is 9.92. The van der Waals surface area contributed by atoms with Crippen molar-refractivity contribution in [1.82, 2.24) is 4.90 Å². The number of likely N-dealkylation sites (tertiary alicyclic amines) is 1. The predicted octanol–water partition coefficient (Wildman–Crippen LogP) is 3.62. The lowest BCUT2D eigenvalue weighted by molar-refractivity contribution is 0.0731. The molecule has 0 bridgehead atoms. The van der Waals surface area contributed by atoms with Gasteiger partial charge in [-0.25, -0.2) is 8.78 Å². The number of hydrogen-bond donors (Lipinski definition) is 1. The van der Waals surface area contributed by atoms with Crippen LogP contribution in [0, 0.1) is 11.6 Å². The minimum Gasteiger partial charge on any atom is -0.326 e. The maximum Gasteiger partial charge on any atom is 0.163 e. The molecule has 0 radical (unpaired) electrons. The Bertz CT molecular complexity index is 468. The third-order valence-corrected chi connectivity index (χ3v) is 4.09. The molecule has 1 aromatic rings. The Balaban J connectivity index is 2.48. The van der Waals surface area contributed by atoms with Crippen molar-refractivity contribution in [3.63, 3.8) is 0 Å². The molecule has 1 saturated heterocycles. The van der Waals surface area contributed by atoms with E-state index in [1.54, 1.807) is 12.1 Å². The zero-order valence-electron chi connectivity index (χ0n) is 12.5. The molecule has 0 saturated carbocycles. The molecule has 1 aliphatic heterocycles. The van der Waals surface area contributed by atoms with Crippen molar-refractivity contribution in [3.8, 4) is 0 Å². The van der Waals surface area contributed by atoms with Crippen molar-refractivity contribution in [1.29, 1.82) is 0 Å². The van der Waals surface area contributed by atoms with Crippen LogP contribution in [0.5, 0.6) is 0 Å².